The fourth-order valence-electron chi connectivity index (χ4n) is 2.48. The SMILES string of the molecule is CC(C)(C)OC(=O)N1CCC(c2ccc(Br)cc2)[C@H](F)C1. The summed E-state index contributed by atoms with van der Waals surface area (Å²) >= 11 is 3.38. The normalized spacial score (nSPS) is 23.0. The number of carbonyl (C=O) groups excluding carboxylic acids is 1. The minimum atomic E-state index is -1.06. The maximum absolute atomic E-state index is 14.4. The first-order chi connectivity index (χ1) is 9.76. The molecular weight excluding hydrogens is 337 g/mol. The van der Waals surface area contributed by atoms with Crippen molar-refractivity contribution in [2.45, 2.75) is 44.9 Å². The third kappa shape index (κ3) is 4.43. The van der Waals surface area contributed by atoms with Gasteiger partial charge in [0.1, 0.15) is 11.8 Å². The Labute approximate surface area is 133 Å². The van der Waals surface area contributed by atoms with Gasteiger partial charge >= 0.3 is 6.09 Å². The van der Waals surface area contributed by atoms with Crippen molar-refractivity contribution < 1.29 is 13.9 Å². The molecule has 0 spiro atoms. The summed E-state index contributed by atoms with van der Waals surface area (Å²) in [5.74, 6) is -0.156. The van der Waals surface area contributed by atoms with Gasteiger partial charge in [-0.2, -0.15) is 0 Å². The molecule has 1 aromatic carbocycles. The summed E-state index contributed by atoms with van der Waals surface area (Å²) < 4.78 is 20.7. The summed E-state index contributed by atoms with van der Waals surface area (Å²) in [6.45, 7) is 6.05. The highest BCUT2D eigenvalue weighted by Gasteiger charge is 2.34. The van der Waals surface area contributed by atoms with Crippen LogP contribution < -0.4 is 0 Å². The smallest absolute Gasteiger partial charge is 0.410 e. The van der Waals surface area contributed by atoms with Gasteiger partial charge in [-0.3, -0.25) is 0 Å². The van der Waals surface area contributed by atoms with Crippen molar-refractivity contribution in [1.29, 1.82) is 0 Å². The number of halogens is 2. The Morgan fingerprint density at radius 1 is 1.33 bits per heavy atom. The van der Waals surface area contributed by atoms with E-state index < -0.39 is 17.9 Å². The topological polar surface area (TPSA) is 29.5 Å². The minimum Gasteiger partial charge on any atom is -0.444 e. The van der Waals surface area contributed by atoms with Gasteiger partial charge in [0.2, 0.25) is 0 Å². The van der Waals surface area contributed by atoms with Crippen LogP contribution in [0, 0.1) is 0 Å². The number of benzene rings is 1. The molecule has 1 unspecified atom stereocenters. The van der Waals surface area contributed by atoms with Crippen LogP contribution in [0.2, 0.25) is 0 Å². The number of piperidine rings is 1. The first kappa shape index (κ1) is 16.3. The van der Waals surface area contributed by atoms with Gasteiger partial charge in [-0.25, -0.2) is 9.18 Å². The number of hydrogen-bond acceptors (Lipinski definition) is 2. The molecule has 21 heavy (non-hydrogen) atoms. The number of ether oxygens (including phenoxy) is 1. The molecule has 0 bridgehead atoms. The van der Waals surface area contributed by atoms with E-state index in [1.165, 1.54) is 4.90 Å². The van der Waals surface area contributed by atoms with Crippen LogP contribution in [0.25, 0.3) is 0 Å². The van der Waals surface area contributed by atoms with E-state index in [2.05, 4.69) is 15.9 Å². The van der Waals surface area contributed by atoms with Gasteiger partial charge < -0.3 is 9.64 Å². The maximum Gasteiger partial charge on any atom is 0.410 e. The number of rotatable bonds is 1. The number of likely N-dealkylation sites (tertiary alicyclic amines) is 1. The molecule has 1 aliphatic heterocycles. The van der Waals surface area contributed by atoms with Crippen molar-refractivity contribution in [2.75, 3.05) is 13.1 Å². The molecule has 116 valence electrons. The van der Waals surface area contributed by atoms with E-state index in [9.17, 15) is 9.18 Å². The number of amides is 1. The van der Waals surface area contributed by atoms with Gasteiger partial charge in [0, 0.05) is 16.9 Å². The van der Waals surface area contributed by atoms with Gasteiger partial charge in [0.05, 0.1) is 6.54 Å². The van der Waals surface area contributed by atoms with Crippen LogP contribution in [0.3, 0.4) is 0 Å². The Morgan fingerprint density at radius 2 is 1.95 bits per heavy atom. The van der Waals surface area contributed by atoms with Gasteiger partial charge in [-0.05, 0) is 44.9 Å². The predicted octanol–water partition coefficient (Wildman–Crippen LogP) is 4.51. The molecule has 0 radical (unpaired) electrons. The van der Waals surface area contributed by atoms with Crippen LogP contribution in [0.15, 0.2) is 28.7 Å². The van der Waals surface area contributed by atoms with Crippen LogP contribution >= 0.6 is 15.9 Å². The molecular formula is C16H21BrFNO2. The molecule has 2 atom stereocenters. The average molecular weight is 358 g/mol. The highest BCUT2D eigenvalue weighted by Crippen LogP contribution is 2.31. The number of hydrogen-bond donors (Lipinski definition) is 0. The van der Waals surface area contributed by atoms with Crippen LogP contribution in [0.5, 0.6) is 0 Å². The summed E-state index contributed by atoms with van der Waals surface area (Å²) in [4.78, 5) is 13.4. The zero-order chi connectivity index (χ0) is 15.6. The fraction of sp³-hybridized carbons (Fsp3) is 0.562. The summed E-state index contributed by atoms with van der Waals surface area (Å²) in [5.41, 5.74) is 0.431. The van der Waals surface area contributed by atoms with Gasteiger partial charge in [-0.15, -0.1) is 0 Å². The first-order valence-electron chi connectivity index (χ1n) is 7.14. The van der Waals surface area contributed by atoms with Crippen molar-refractivity contribution in [3.63, 3.8) is 0 Å². The lowest BCUT2D eigenvalue weighted by Crippen LogP contribution is -2.46. The highest BCUT2D eigenvalue weighted by molar-refractivity contribution is 9.10. The Kier molecular flexibility index (Phi) is 4.91. The quantitative estimate of drug-likeness (QED) is 0.739. The van der Waals surface area contributed by atoms with Crippen molar-refractivity contribution in [3.8, 4) is 0 Å². The van der Waals surface area contributed by atoms with Crippen molar-refractivity contribution in [3.05, 3.63) is 34.3 Å². The van der Waals surface area contributed by atoms with Gasteiger partial charge in [0.25, 0.3) is 0 Å². The molecule has 1 aromatic rings. The zero-order valence-electron chi connectivity index (χ0n) is 12.6. The highest BCUT2D eigenvalue weighted by atomic mass is 79.9. The monoisotopic (exact) mass is 357 g/mol. The molecule has 0 aromatic heterocycles. The predicted molar refractivity (Wildman–Crippen MR) is 84.2 cm³/mol. The molecule has 1 saturated heterocycles. The molecule has 1 aliphatic rings. The standard InChI is InChI=1S/C16H21BrFNO2/c1-16(2,3)21-15(20)19-9-8-13(14(18)10-19)11-4-6-12(17)7-5-11/h4-7,13-14H,8-10H2,1-3H3/t13?,14-/m1/s1. The second kappa shape index (κ2) is 6.34. The molecule has 0 aliphatic carbocycles. The summed E-state index contributed by atoms with van der Waals surface area (Å²) in [5, 5.41) is 0. The molecule has 3 nitrogen and oxygen atoms in total. The van der Waals surface area contributed by atoms with Gasteiger partial charge in [0.15, 0.2) is 0 Å². The third-order valence-corrected chi connectivity index (χ3v) is 4.02. The van der Waals surface area contributed by atoms with E-state index in [0.717, 1.165) is 10.0 Å². The summed E-state index contributed by atoms with van der Waals surface area (Å²) in [6, 6.07) is 7.71. The largest absolute Gasteiger partial charge is 0.444 e. The van der Waals surface area contributed by atoms with E-state index in [-0.39, 0.29) is 12.5 Å². The fourth-order valence-corrected chi connectivity index (χ4v) is 2.75. The lowest BCUT2D eigenvalue weighted by Gasteiger charge is -2.35. The van der Waals surface area contributed by atoms with Crippen molar-refractivity contribution in [1.82, 2.24) is 4.90 Å². The van der Waals surface area contributed by atoms with Crippen LogP contribution in [-0.2, 0) is 4.74 Å². The Balaban J connectivity index is 1.99. The van der Waals surface area contributed by atoms with Crippen molar-refractivity contribution >= 4 is 22.0 Å². The first-order valence-corrected chi connectivity index (χ1v) is 7.93. The molecule has 5 heteroatoms. The van der Waals surface area contributed by atoms with Gasteiger partial charge in [-0.1, -0.05) is 28.1 Å². The lowest BCUT2D eigenvalue weighted by atomic mass is 9.88. The van der Waals surface area contributed by atoms with Crippen LogP contribution in [0.1, 0.15) is 38.7 Å². The second-order valence-corrected chi connectivity index (χ2v) is 7.30. The van der Waals surface area contributed by atoms with E-state index in [1.54, 1.807) is 0 Å². The molecule has 1 amide bonds. The van der Waals surface area contributed by atoms with E-state index >= 15 is 0 Å². The maximum atomic E-state index is 14.4. The average Bonchev–Trinajstić information content (AvgIpc) is 2.38. The van der Waals surface area contributed by atoms with E-state index in [0.29, 0.717) is 13.0 Å². The Morgan fingerprint density at radius 3 is 2.48 bits per heavy atom. The van der Waals surface area contributed by atoms with Crippen LogP contribution in [0.4, 0.5) is 9.18 Å². The Hall–Kier alpha value is -1.10. The number of carbonyl (C=O) groups is 1. The van der Waals surface area contributed by atoms with Crippen molar-refractivity contribution in [2.24, 2.45) is 0 Å². The van der Waals surface area contributed by atoms with E-state index in [1.807, 2.05) is 45.0 Å². The number of alkyl halides is 1. The summed E-state index contributed by atoms with van der Waals surface area (Å²) in [6.07, 6.45) is -0.881. The molecule has 2 rings (SSSR count). The number of nitrogens with zero attached hydrogens (tertiary/aromatic N) is 1. The Bertz CT molecular complexity index is 498. The van der Waals surface area contributed by atoms with E-state index in [4.69, 9.17) is 4.74 Å². The second-order valence-electron chi connectivity index (χ2n) is 6.39. The molecule has 0 N–H and O–H groups in total. The van der Waals surface area contributed by atoms with Crippen LogP contribution in [-0.4, -0.2) is 35.9 Å². The minimum absolute atomic E-state index is 0.0929. The molecule has 1 fully saturated rings. The summed E-state index contributed by atoms with van der Waals surface area (Å²) in [7, 11) is 0. The zero-order valence-corrected chi connectivity index (χ0v) is 14.2. The molecule has 0 saturated carbocycles. The lowest BCUT2D eigenvalue weighted by molar-refractivity contribution is 0.0111. The molecule has 1 heterocycles. The third-order valence-electron chi connectivity index (χ3n) is 3.49.